The van der Waals surface area contributed by atoms with Crippen LogP contribution in [0.4, 0.5) is 4.39 Å². The third-order valence-corrected chi connectivity index (χ3v) is 7.17. The highest BCUT2D eigenvalue weighted by molar-refractivity contribution is 5.70. The van der Waals surface area contributed by atoms with E-state index in [9.17, 15) is 19.1 Å². The smallest absolute Gasteiger partial charge is 0.309 e. The van der Waals surface area contributed by atoms with E-state index in [0.717, 1.165) is 12.0 Å². The van der Waals surface area contributed by atoms with Crippen LogP contribution in [0.25, 0.3) is 0 Å². The van der Waals surface area contributed by atoms with Crippen LogP contribution in [-0.4, -0.2) is 53.7 Å². The van der Waals surface area contributed by atoms with Gasteiger partial charge in [-0.25, -0.2) is 4.39 Å². The van der Waals surface area contributed by atoms with E-state index >= 15 is 0 Å². The standard InChI is InChI=1S/C30H45FO6/c1-8-25(31)22(6)30-27(36-30)16-18(2)10-9-11-20(4)29-21(5)13-15-26(35-23(7)32)19(3)12-14-24(33)17-28(34)37-29/h9-11,13,15,18,21-22,24-27,29-30,33H,3,8,12,14,16-17H2,1-2,4-7H3/b10-9+,15-13-,20-11+. The fourth-order valence-corrected chi connectivity index (χ4v) is 4.73. The van der Waals surface area contributed by atoms with Crippen molar-refractivity contribution >= 4 is 11.9 Å². The van der Waals surface area contributed by atoms with Crippen LogP contribution >= 0.6 is 0 Å². The monoisotopic (exact) mass is 520 g/mol. The Bertz CT molecular complexity index is 877. The molecular weight excluding hydrogens is 475 g/mol. The molecule has 9 atom stereocenters. The molecule has 2 aliphatic heterocycles. The number of hydrogen-bond donors (Lipinski definition) is 1. The van der Waals surface area contributed by atoms with E-state index in [4.69, 9.17) is 14.2 Å². The number of alkyl halides is 1. The summed E-state index contributed by atoms with van der Waals surface area (Å²) in [5.74, 6) is -0.929. The van der Waals surface area contributed by atoms with Crippen LogP contribution in [0.15, 0.2) is 48.1 Å². The Morgan fingerprint density at radius 3 is 2.68 bits per heavy atom. The number of aliphatic hydroxyl groups is 1. The molecule has 0 amide bonds. The van der Waals surface area contributed by atoms with Gasteiger partial charge in [-0.05, 0) is 55.7 Å². The van der Waals surface area contributed by atoms with Crippen LogP contribution in [0.2, 0.25) is 0 Å². The molecule has 0 aromatic rings. The Morgan fingerprint density at radius 1 is 1.32 bits per heavy atom. The van der Waals surface area contributed by atoms with E-state index in [2.05, 4.69) is 19.6 Å². The topological polar surface area (TPSA) is 85.4 Å². The molecular formula is C30H45FO6. The van der Waals surface area contributed by atoms with Crippen molar-refractivity contribution in [3.63, 3.8) is 0 Å². The average Bonchev–Trinajstić information content (AvgIpc) is 3.60. The fourth-order valence-electron chi connectivity index (χ4n) is 4.73. The summed E-state index contributed by atoms with van der Waals surface area (Å²) in [6.45, 7) is 15.0. The van der Waals surface area contributed by atoms with Crippen molar-refractivity contribution in [3.05, 3.63) is 48.1 Å². The molecule has 2 heterocycles. The molecule has 0 radical (unpaired) electrons. The van der Waals surface area contributed by atoms with Gasteiger partial charge in [0.2, 0.25) is 0 Å². The summed E-state index contributed by atoms with van der Waals surface area (Å²) in [5.41, 5.74) is 1.51. The number of epoxide rings is 1. The highest BCUT2D eigenvalue weighted by Crippen LogP contribution is 2.37. The fraction of sp³-hybridized carbons (Fsp3) is 0.667. The minimum absolute atomic E-state index is 0.00594. The normalized spacial score (nSPS) is 33.0. The first-order valence-electron chi connectivity index (χ1n) is 13.5. The zero-order chi connectivity index (χ0) is 27.7. The lowest BCUT2D eigenvalue weighted by atomic mass is 9.93. The number of carbonyl (C=O) groups excluding carboxylic acids is 2. The van der Waals surface area contributed by atoms with Crippen molar-refractivity contribution in [2.24, 2.45) is 17.8 Å². The Kier molecular flexibility index (Phi) is 12.2. The number of esters is 2. The maximum absolute atomic E-state index is 13.9. The Balaban J connectivity index is 2.09. The summed E-state index contributed by atoms with van der Waals surface area (Å²) in [5, 5.41) is 10.3. The maximum Gasteiger partial charge on any atom is 0.309 e. The van der Waals surface area contributed by atoms with Crippen molar-refractivity contribution in [2.45, 2.75) is 110 Å². The zero-order valence-corrected chi connectivity index (χ0v) is 23.2. The van der Waals surface area contributed by atoms with Crippen LogP contribution < -0.4 is 0 Å². The summed E-state index contributed by atoms with van der Waals surface area (Å²) >= 11 is 0. The van der Waals surface area contributed by atoms with Gasteiger partial charge < -0.3 is 19.3 Å². The zero-order valence-electron chi connectivity index (χ0n) is 23.2. The molecule has 7 heteroatoms. The molecule has 2 aliphatic rings. The Labute approximate surface area is 221 Å². The predicted molar refractivity (Wildman–Crippen MR) is 142 cm³/mol. The average molecular weight is 521 g/mol. The van der Waals surface area contributed by atoms with Gasteiger partial charge in [0.25, 0.3) is 0 Å². The first-order valence-corrected chi connectivity index (χ1v) is 13.5. The number of halogens is 1. The summed E-state index contributed by atoms with van der Waals surface area (Å²) in [7, 11) is 0. The van der Waals surface area contributed by atoms with Gasteiger partial charge in [0, 0.05) is 18.8 Å². The second kappa shape index (κ2) is 14.6. The van der Waals surface area contributed by atoms with Gasteiger partial charge in [-0.1, -0.05) is 58.6 Å². The molecule has 9 unspecified atom stereocenters. The number of rotatable bonds is 9. The van der Waals surface area contributed by atoms with Gasteiger partial charge >= 0.3 is 11.9 Å². The predicted octanol–water partition coefficient (Wildman–Crippen LogP) is 5.80. The number of allylic oxidation sites excluding steroid dienone is 3. The highest BCUT2D eigenvalue weighted by atomic mass is 19.1. The number of carbonyl (C=O) groups is 2. The molecule has 0 saturated carbocycles. The first-order chi connectivity index (χ1) is 17.4. The van der Waals surface area contributed by atoms with Gasteiger partial charge in [0.15, 0.2) is 0 Å². The molecule has 0 aliphatic carbocycles. The SMILES string of the molecule is C=C1CCC(O)CC(=O)OC(/C(C)=C/C=C/C(C)CC2OC2C(C)C(F)CC)C(C)/C=C\C1OC(C)=O. The molecule has 2 rings (SSSR count). The van der Waals surface area contributed by atoms with Crippen molar-refractivity contribution in [3.8, 4) is 0 Å². The minimum atomic E-state index is -0.868. The van der Waals surface area contributed by atoms with Crippen LogP contribution in [0.1, 0.15) is 73.6 Å². The van der Waals surface area contributed by atoms with Crippen molar-refractivity contribution in [2.75, 3.05) is 0 Å². The molecule has 1 saturated heterocycles. The lowest BCUT2D eigenvalue weighted by molar-refractivity contribution is -0.151. The van der Waals surface area contributed by atoms with Crippen LogP contribution in [0.3, 0.4) is 0 Å². The third kappa shape index (κ3) is 10.2. The molecule has 0 aromatic carbocycles. The quantitative estimate of drug-likeness (QED) is 0.179. The van der Waals surface area contributed by atoms with Crippen molar-refractivity contribution < 1.29 is 33.3 Å². The van der Waals surface area contributed by atoms with Gasteiger partial charge in [-0.3, -0.25) is 9.59 Å². The lowest BCUT2D eigenvalue weighted by Gasteiger charge is -2.25. The van der Waals surface area contributed by atoms with E-state index < -0.39 is 36.4 Å². The first kappa shape index (κ1) is 31.0. The van der Waals surface area contributed by atoms with E-state index in [1.54, 1.807) is 6.08 Å². The van der Waals surface area contributed by atoms with Crippen LogP contribution in [0, 0.1) is 17.8 Å². The molecule has 37 heavy (non-hydrogen) atoms. The van der Waals surface area contributed by atoms with Gasteiger partial charge in [-0.15, -0.1) is 0 Å². The summed E-state index contributed by atoms with van der Waals surface area (Å²) < 4.78 is 30.8. The second-order valence-corrected chi connectivity index (χ2v) is 10.7. The van der Waals surface area contributed by atoms with E-state index in [1.807, 2.05) is 45.9 Å². The largest absolute Gasteiger partial charge is 0.457 e. The third-order valence-electron chi connectivity index (χ3n) is 7.17. The van der Waals surface area contributed by atoms with Gasteiger partial charge in [-0.2, -0.15) is 0 Å². The Morgan fingerprint density at radius 2 is 2.03 bits per heavy atom. The molecule has 1 fully saturated rings. The molecule has 0 spiro atoms. The summed E-state index contributed by atoms with van der Waals surface area (Å²) in [6.07, 6.45) is 8.78. The van der Waals surface area contributed by atoms with Gasteiger partial charge in [0.05, 0.1) is 24.7 Å². The van der Waals surface area contributed by atoms with Crippen molar-refractivity contribution in [1.82, 2.24) is 0 Å². The van der Waals surface area contributed by atoms with Crippen LogP contribution in [0.5, 0.6) is 0 Å². The summed E-state index contributed by atoms with van der Waals surface area (Å²) in [4.78, 5) is 24.1. The van der Waals surface area contributed by atoms with Crippen molar-refractivity contribution in [1.29, 1.82) is 0 Å². The number of cyclic esters (lactones) is 1. The molecule has 6 nitrogen and oxygen atoms in total. The molecule has 1 N–H and O–H groups in total. The highest BCUT2D eigenvalue weighted by Gasteiger charge is 2.45. The van der Waals surface area contributed by atoms with E-state index in [-0.39, 0.29) is 36.4 Å². The number of ether oxygens (including phenoxy) is 3. The second-order valence-electron chi connectivity index (χ2n) is 10.7. The maximum atomic E-state index is 13.9. The van der Waals surface area contributed by atoms with Crippen LogP contribution in [-0.2, 0) is 23.8 Å². The number of hydrogen-bond acceptors (Lipinski definition) is 6. The molecule has 208 valence electrons. The summed E-state index contributed by atoms with van der Waals surface area (Å²) in [6, 6.07) is 0. The molecule has 0 bridgehead atoms. The lowest BCUT2D eigenvalue weighted by Crippen LogP contribution is -2.29. The number of aliphatic hydroxyl groups excluding tert-OH is 1. The van der Waals surface area contributed by atoms with E-state index in [1.165, 1.54) is 6.92 Å². The molecule has 0 aromatic heterocycles. The minimum Gasteiger partial charge on any atom is -0.457 e. The van der Waals surface area contributed by atoms with Gasteiger partial charge in [0.1, 0.15) is 18.4 Å². The van der Waals surface area contributed by atoms with E-state index in [0.29, 0.717) is 24.8 Å². The Hall–Kier alpha value is -2.25.